The first kappa shape index (κ1) is 11.5. The molecule has 0 bridgehead atoms. The molecule has 0 radical (unpaired) electrons. The Morgan fingerprint density at radius 1 is 0.947 bits per heavy atom. The zero-order valence-corrected chi connectivity index (χ0v) is 10.5. The van der Waals surface area contributed by atoms with Crippen molar-refractivity contribution >= 4 is 0 Å². The van der Waals surface area contributed by atoms with Crippen LogP contribution < -0.4 is 4.74 Å². The molecule has 1 heterocycles. The predicted octanol–water partition coefficient (Wildman–Crippen LogP) is 4.02. The van der Waals surface area contributed by atoms with Crippen LogP contribution >= 0.6 is 0 Å². The SMILES string of the molecule is COc1ccccc1-c1ocnc1-c1ccccc1. The molecule has 0 saturated heterocycles. The Hall–Kier alpha value is -2.55. The summed E-state index contributed by atoms with van der Waals surface area (Å²) >= 11 is 0. The van der Waals surface area contributed by atoms with E-state index >= 15 is 0 Å². The van der Waals surface area contributed by atoms with Gasteiger partial charge in [-0.05, 0) is 12.1 Å². The fourth-order valence-electron chi connectivity index (χ4n) is 2.07. The lowest BCUT2D eigenvalue weighted by molar-refractivity contribution is 0.414. The summed E-state index contributed by atoms with van der Waals surface area (Å²) in [4.78, 5) is 4.32. The largest absolute Gasteiger partial charge is 0.496 e. The second-order valence-electron chi connectivity index (χ2n) is 4.10. The van der Waals surface area contributed by atoms with Crippen molar-refractivity contribution in [3.05, 3.63) is 61.0 Å². The van der Waals surface area contributed by atoms with E-state index in [1.807, 2.05) is 54.6 Å². The van der Waals surface area contributed by atoms with E-state index in [1.165, 1.54) is 6.39 Å². The minimum absolute atomic E-state index is 0.726. The lowest BCUT2D eigenvalue weighted by atomic mass is 10.1. The minimum Gasteiger partial charge on any atom is -0.496 e. The van der Waals surface area contributed by atoms with Crippen LogP contribution in [0.2, 0.25) is 0 Å². The highest BCUT2D eigenvalue weighted by molar-refractivity contribution is 5.79. The molecule has 3 nitrogen and oxygen atoms in total. The van der Waals surface area contributed by atoms with Gasteiger partial charge < -0.3 is 9.15 Å². The third-order valence-electron chi connectivity index (χ3n) is 2.97. The van der Waals surface area contributed by atoms with Crippen LogP contribution in [0.3, 0.4) is 0 Å². The molecule has 0 fully saturated rings. The van der Waals surface area contributed by atoms with Gasteiger partial charge in [-0.15, -0.1) is 0 Å². The lowest BCUT2D eigenvalue weighted by Crippen LogP contribution is -1.88. The van der Waals surface area contributed by atoms with Crippen LogP contribution in [0.4, 0.5) is 0 Å². The number of methoxy groups -OCH3 is 1. The van der Waals surface area contributed by atoms with E-state index in [0.717, 1.165) is 28.3 Å². The highest BCUT2D eigenvalue weighted by atomic mass is 16.5. The van der Waals surface area contributed by atoms with Gasteiger partial charge in [0, 0.05) is 5.56 Å². The van der Waals surface area contributed by atoms with E-state index in [-0.39, 0.29) is 0 Å². The molecule has 0 aliphatic heterocycles. The molecule has 0 atom stereocenters. The normalized spacial score (nSPS) is 10.4. The van der Waals surface area contributed by atoms with Gasteiger partial charge in [0.15, 0.2) is 12.2 Å². The fraction of sp³-hybridized carbons (Fsp3) is 0.0625. The Bertz CT molecular complexity index is 674. The summed E-state index contributed by atoms with van der Waals surface area (Å²) in [5.41, 5.74) is 2.75. The molecule has 0 amide bonds. The van der Waals surface area contributed by atoms with E-state index < -0.39 is 0 Å². The van der Waals surface area contributed by atoms with Crippen LogP contribution in [0.25, 0.3) is 22.6 Å². The van der Waals surface area contributed by atoms with Gasteiger partial charge in [0.25, 0.3) is 0 Å². The molecular weight excluding hydrogens is 238 g/mol. The van der Waals surface area contributed by atoms with E-state index in [0.29, 0.717) is 0 Å². The van der Waals surface area contributed by atoms with Crippen molar-refractivity contribution in [1.29, 1.82) is 0 Å². The lowest BCUT2D eigenvalue weighted by Gasteiger charge is -2.07. The maximum absolute atomic E-state index is 5.56. The zero-order valence-electron chi connectivity index (χ0n) is 10.5. The summed E-state index contributed by atoms with van der Waals surface area (Å²) in [6, 6.07) is 17.7. The van der Waals surface area contributed by atoms with Crippen LogP contribution in [0.1, 0.15) is 0 Å². The van der Waals surface area contributed by atoms with Gasteiger partial charge in [-0.25, -0.2) is 4.98 Å². The van der Waals surface area contributed by atoms with Gasteiger partial charge in [-0.2, -0.15) is 0 Å². The first-order chi connectivity index (χ1) is 9.40. The van der Waals surface area contributed by atoms with Crippen molar-refractivity contribution in [1.82, 2.24) is 4.98 Å². The van der Waals surface area contributed by atoms with Crippen molar-refractivity contribution in [3.8, 4) is 28.3 Å². The minimum atomic E-state index is 0.726. The molecule has 0 unspecified atom stereocenters. The molecule has 3 rings (SSSR count). The molecule has 0 spiro atoms. The second-order valence-corrected chi connectivity index (χ2v) is 4.10. The Morgan fingerprint density at radius 2 is 1.68 bits per heavy atom. The van der Waals surface area contributed by atoms with Gasteiger partial charge in [-0.1, -0.05) is 42.5 Å². The maximum atomic E-state index is 5.56. The van der Waals surface area contributed by atoms with Gasteiger partial charge in [0.1, 0.15) is 11.4 Å². The Balaban J connectivity index is 2.15. The zero-order chi connectivity index (χ0) is 13.1. The maximum Gasteiger partial charge on any atom is 0.182 e. The van der Waals surface area contributed by atoms with Gasteiger partial charge in [0.05, 0.1) is 12.7 Å². The first-order valence-corrected chi connectivity index (χ1v) is 6.02. The number of hydrogen-bond donors (Lipinski definition) is 0. The Labute approximate surface area is 111 Å². The van der Waals surface area contributed by atoms with Crippen molar-refractivity contribution in [3.63, 3.8) is 0 Å². The van der Waals surface area contributed by atoms with Crippen molar-refractivity contribution < 1.29 is 9.15 Å². The van der Waals surface area contributed by atoms with E-state index in [9.17, 15) is 0 Å². The number of benzene rings is 2. The number of para-hydroxylation sites is 1. The molecule has 1 aromatic heterocycles. The molecule has 94 valence electrons. The number of hydrogen-bond acceptors (Lipinski definition) is 3. The molecule has 0 aliphatic rings. The molecule has 0 saturated carbocycles. The summed E-state index contributed by atoms with van der Waals surface area (Å²) in [5, 5.41) is 0. The Kier molecular flexibility index (Phi) is 3.02. The van der Waals surface area contributed by atoms with E-state index in [4.69, 9.17) is 9.15 Å². The number of nitrogens with zero attached hydrogens (tertiary/aromatic N) is 1. The third-order valence-corrected chi connectivity index (χ3v) is 2.97. The monoisotopic (exact) mass is 251 g/mol. The highest BCUT2D eigenvalue weighted by Gasteiger charge is 2.15. The molecule has 19 heavy (non-hydrogen) atoms. The molecular formula is C16H13NO2. The summed E-state index contributed by atoms with van der Waals surface area (Å²) in [6.45, 7) is 0. The number of rotatable bonds is 3. The molecule has 0 aliphatic carbocycles. The smallest absolute Gasteiger partial charge is 0.182 e. The van der Waals surface area contributed by atoms with E-state index in [1.54, 1.807) is 7.11 Å². The molecule has 2 aromatic carbocycles. The standard InChI is InChI=1S/C16H13NO2/c1-18-14-10-6-5-9-13(14)16-15(17-11-19-16)12-7-3-2-4-8-12/h2-11H,1H3. The van der Waals surface area contributed by atoms with Gasteiger partial charge in [-0.3, -0.25) is 0 Å². The van der Waals surface area contributed by atoms with E-state index in [2.05, 4.69) is 4.98 Å². The quantitative estimate of drug-likeness (QED) is 0.705. The molecule has 0 N–H and O–H groups in total. The summed E-state index contributed by atoms with van der Waals surface area (Å²) < 4.78 is 10.9. The fourth-order valence-corrected chi connectivity index (χ4v) is 2.07. The van der Waals surface area contributed by atoms with Crippen LogP contribution in [0.5, 0.6) is 5.75 Å². The third kappa shape index (κ3) is 2.10. The van der Waals surface area contributed by atoms with Crippen LogP contribution in [-0.2, 0) is 0 Å². The van der Waals surface area contributed by atoms with Crippen LogP contribution in [0, 0.1) is 0 Å². The second kappa shape index (κ2) is 4.98. The summed E-state index contributed by atoms with van der Waals surface area (Å²) in [6.07, 6.45) is 1.46. The summed E-state index contributed by atoms with van der Waals surface area (Å²) in [5.74, 6) is 1.50. The van der Waals surface area contributed by atoms with Crippen LogP contribution in [-0.4, -0.2) is 12.1 Å². The average Bonchev–Trinajstić information content (AvgIpc) is 2.97. The molecule has 3 aromatic rings. The van der Waals surface area contributed by atoms with Crippen LogP contribution in [0.15, 0.2) is 65.4 Å². The predicted molar refractivity (Wildman–Crippen MR) is 73.9 cm³/mol. The van der Waals surface area contributed by atoms with Crippen molar-refractivity contribution in [2.75, 3.05) is 7.11 Å². The van der Waals surface area contributed by atoms with Gasteiger partial charge in [0.2, 0.25) is 0 Å². The highest BCUT2D eigenvalue weighted by Crippen LogP contribution is 2.36. The number of oxazole rings is 1. The topological polar surface area (TPSA) is 35.3 Å². The van der Waals surface area contributed by atoms with Crippen molar-refractivity contribution in [2.24, 2.45) is 0 Å². The number of ether oxygens (including phenoxy) is 1. The number of aromatic nitrogens is 1. The molecule has 3 heteroatoms. The first-order valence-electron chi connectivity index (χ1n) is 6.02. The average molecular weight is 251 g/mol. The Morgan fingerprint density at radius 3 is 2.47 bits per heavy atom. The summed E-state index contributed by atoms with van der Waals surface area (Å²) in [7, 11) is 1.65. The van der Waals surface area contributed by atoms with Gasteiger partial charge >= 0.3 is 0 Å². The van der Waals surface area contributed by atoms with Crippen molar-refractivity contribution in [2.45, 2.75) is 0 Å².